The summed E-state index contributed by atoms with van der Waals surface area (Å²) in [5.41, 5.74) is 1.80. The maximum Gasteiger partial charge on any atom is 0.338 e. The summed E-state index contributed by atoms with van der Waals surface area (Å²) in [4.78, 5) is 42.6. The lowest BCUT2D eigenvalue weighted by Gasteiger charge is -2.44. The number of carbonyl (C=O) groups excluding carboxylic acids is 2. The van der Waals surface area contributed by atoms with Crippen molar-refractivity contribution in [2.45, 2.75) is 38.9 Å². The molecule has 4 heterocycles. The van der Waals surface area contributed by atoms with Gasteiger partial charge >= 0.3 is 11.9 Å². The van der Waals surface area contributed by atoms with Gasteiger partial charge in [-0.25, -0.2) is 14.2 Å². The Morgan fingerprint density at radius 2 is 2.07 bits per heavy atom. The van der Waals surface area contributed by atoms with Crippen LogP contribution in [0.4, 0.5) is 4.39 Å². The largest absolute Gasteiger partial charge is 0.468 e. The Labute approximate surface area is 253 Å². The first-order chi connectivity index (χ1) is 20.2. The van der Waals surface area contributed by atoms with Crippen LogP contribution in [0.2, 0.25) is 5.02 Å². The number of aromatic nitrogens is 1. The number of benzene rings is 1. The van der Waals surface area contributed by atoms with E-state index in [9.17, 15) is 14.0 Å². The topological polar surface area (TPSA) is 99.6 Å². The number of rotatable bonds is 8. The highest BCUT2D eigenvalue weighted by Crippen LogP contribution is 2.38. The van der Waals surface area contributed by atoms with E-state index in [0.29, 0.717) is 41.7 Å². The Kier molecular flexibility index (Phi) is 8.86. The SMILES string of the molecule is C=C1N(CC)C[C@@H]2C(C(=O)OC)N(CC3=C(C(=O)OCC)[C@H](c4cccc(F)c4Cl)N=C(c4nc(C)cs4)N3)CCN12. The molecule has 42 heavy (non-hydrogen) atoms. The zero-order valence-electron chi connectivity index (χ0n) is 24.0. The number of halogens is 2. The quantitative estimate of drug-likeness (QED) is 0.447. The van der Waals surface area contributed by atoms with Crippen molar-refractivity contribution in [1.29, 1.82) is 0 Å². The zero-order valence-corrected chi connectivity index (χ0v) is 25.6. The van der Waals surface area contributed by atoms with E-state index < -0.39 is 23.9 Å². The molecule has 224 valence electrons. The molecule has 5 rings (SSSR count). The standard InChI is InChI=1S/C29H34ClFN6O4S/c1-6-35-14-21-25(29(39)40-5)36(11-12-37(21)17(35)4)13-20-22(28(38)41-7-2)24(18-9-8-10-19(31)23(18)30)34-26(33-20)27-32-16(3)15-42-27/h8-10,15,21,24-25H,4,6-7,11-14H2,1-3,5H3,(H,33,34)/t21-,24+,25?/m1/s1. The van der Waals surface area contributed by atoms with Crippen LogP contribution in [-0.4, -0.2) is 96.0 Å². The molecule has 0 saturated carbocycles. The van der Waals surface area contributed by atoms with Gasteiger partial charge in [0.25, 0.3) is 0 Å². The number of hydrogen-bond donors (Lipinski definition) is 1. The molecule has 1 aromatic carbocycles. The first-order valence-corrected chi connectivity index (χ1v) is 15.1. The predicted molar refractivity (Wildman–Crippen MR) is 159 cm³/mol. The molecule has 0 radical (unpaired) electrons. The summed E-state index contributed by atoms with van der Waals surface area (Å²) >= 11 is 7.85. The van der Waals surface area contributed by atoms with E-state index in [0.717, 1.165) is 18.1 Å². The molecule has 1 aromatic heterocycles. The van der Waals surface area contributed by atoms with E-state index in [1.54, 1.807) is 13.0 Å². The molecule has 3 atom stereocenters. The van der Waals surface area contributed by atoms with Crippen molar-refractivity contribution < 1.29 is 23.5 Å². The first-order valence-electron chi connectivity index (χ1n) is 13.8. The molecule has 1 N–H and O–H groups in total. The Bertz CT molecular complexity index is 1460. The molecule has 1 unspecified atom stereocenters. The Morgan fingerprint density at radius 3 is 2.74 bits per heavy atom. The highest BCUT2D eigenvalue weighted by Gasteiger charge is 2.48. The number of methoxy groups -OCH3 is 1. The number of piperazine rings is 1. The van der Waals surface area contributed by atoms with Crippen LogP contribution in [0.1, 0.15) is 36.2 Å². The molecule has 2 aromatic rings. The monoisotopic (exact) mass is 616 g/mol. The summed E-state index contributed by atoms with van der Waals surface area (Å²) < 4.78 is 25.4. The molecule has 0 aliphatic carbocycles. The van der Waals surface area contributed by atoms with Gasteiger partial charge in [-0.15, -0.1) is 11.3 Å². The van der Waals surface area contributed by atoms with Crippen molar-refractivity contribution in [3.05, 3.63) is 74.4 Å². The van der Waals surface area contributed by atoms with Crippen molar-refractivity contribution in [3.63, 3.8) is 0 Å². The van der Waals surface area contributed by atoms with E-state index in [1.165, 1.54) is 30.6 Å². The van der Waals surface area contributed by atoms with Crippen LogP contribution in [0.5, 0.6) is 0 Å². The van der Waals surface area contributed by atoms with Crippen molar-refractivity contribution in [2.75, 3.05) is 46.4 Å². The number of esters is 2. The zero-order chi connectivity index (χ0) is 30.1. The molecule has 0 amide bonds. The number of nitrogens with one attached hydrogen (secondary N) is 1. The van der Waals surface area contributed by atoms with Gasteiger partial charge < -0.3 is 24.6 Å². The fraction of sp³-hybridized carbons (Fsp3) is 0.448. The van der Waals surface area contributed by atoms with Crippen LogP contribution in [0.25, 0.3) is 0 Å². The second-order valence-electron chi connectivity index (χ2n) is 10.2. The number of hydrogen-bond acceptors (Lipinski definition) is 11. The van der Waals surface area contributed by atoms with Gasteiger partial charge in [-0.05, 0) is 26.8 Å². The maximum absolute atomic E-state index is 14.7. The van der Waals surface area contributed by atoms with Crippen molar-refractivity contribution in [3.8, 4) is 0 Å². The van der Waals surface area contributed by atoms with E-state index >= 15 is 0 Å². The van der Waals surface area contributed by atoms with E-state index in [2.05, 4.69) is 33.6 Å². The van der Waals surface area contributed by atoms with Gasteiger partial charge in [0.15, 0.2) is 10.8 Å². The first kappa shape index (κ1) is 30.0. The third-order valence-electron chi connectivity index (χ3n) is 7.79. The van der Waals surface area contributed by atoms with Crippen LogP contribution in [0, 0.1) is 12.7 Å². The van der Waals surface area contributed by atoms with E-state index in [-0.39, 0.29) is 35.8 Å². The fourth-order valence-electron chi connectivity index (χ4n) is 5.80. The number of amidine groups is 1. The van der Waals surface area contributed by atoms with Crippen LogP contribution in [0.3, 0.4) is 0 Å². The number of aryl methyl sites for hydroxylation is 1. The summed E-state index contributed by atoms with van der Waals surface area (Å²) in [5.74, 6) is -0.307. The molecule has 10 nitrogen and oxygen atoms in total. The third-order valence-corrected chi connectivity index (χ3v) is 9.16. The normalized spacial score (nSPS) is 22.6. The average Bonchev–Trinajstić information content (AvgIpc) is 3.56. The highest BCUT2D eigenvalue weighted by atomic mass is 35.5. The van der Waals surface area contributed by atoms with Gasteiger partial charge in [-0.3, -0.25) is 14.7 Å². The van der Waals surface area contributed by atoms with Gasteiger partial charge in [0.1, 0.15) is 17.9 Å². The van der Waals surface area contributed by atoms with E-state index in [1.807, 2.05) is 17.2 Å². The minimum absolute atomic E-state index is 0.127. The third kappa shape index (κ3) is 5.50. The van der Waals surface area contributed by atoms with Gasteiger partial charge in [-0.2, -0.15) is 0 Å². The number of likely N-dealkylation sites (N-methyl/N-ethyl adjacent to an activating group) is 1. The Hall–Kier alpha value is -3.48. The van der Waals surface area contributed by atoms with Gasteiger partial charge in [-0.1, -0.05) is 30.3 Å². The molecular formula is C29H34ClFN6O4S. The average molecular weight is 617 g/mol. The van der Waals surface area contributed by atoms with Crippen molar-refractivity contribution in [2.24, 2.45) is 4.99 Å². The lowest BCUT2D eigenvalue weighted by atomic mass is 9.94. The number of ether oxygens (including phenoxy) is 2. The number of aliphatic imine (C=N–C) groups is 1. The molecule has 13 heteroatoms. The Balaban J connectivity index is 1.61. The minimum atomic E-state index is -0.970. The summed E-state index contributed by atoms with van der Waals surface area (Å²) in [6.07, 6.45) is 0. The maximum atomic E-state index is 14.7. The van der Waals surface area contributed by atoms with Crippen LogP contribution < -0.4 is 5.32 Å². The molecule has 0 bridgehead atoms. The molecule has 3 aliphatic heterocycles. The molecular weight excluding hydrogens is 583 g/mol. The number of nitrogens with zero attached hydrogens (tertiary/aromatic N) is 5. The van der Waals surface area contributed by atoms with Crippen molar-refractivity contribution in [1.82, 2.24) is 25.0 Å². The summed E-state index contributed by atoms with van der Waals surface area (Å²) in [7, 11) is 1.38. The second-order valence-corrected chi connectivity index (χ2v) is 11.4. The molecule has 2 saturated heterocycles. The van der Waals surface area contributed by atoms with Crippen LogP contribution >= 0.6 is 22.9 Å². The molecule has 3 aliphatic rings. The Morgan fingerprint density at radius 1 is 1.29 bits per heavy atom. The summed E-state index contributed by atoms with van der Waals surface area (Å²) in [5, 5.41) is 5.69. The summed E-state index contributed by atoms with van der Waals surface area (Å²) in [6, 6.07) is 2.65. The predicted octanol–water partition coefficient (Wildman–Crippen LogP) is 3.49. The smallest absolute Gasteiger partial charge is 0.338 e. The highest BCUT2D eigenvalue weighted by molar-refractivity contribution is 7.11. The van der Waals surface area contributed by atoms with Crippen LogP contribution in [-0.2, 0) is 19.1 Å². The van der Waals surface area contributed by atoms with E-state index in [4.69, 9.17) is 26.1 Å². The fourth-order valence-corrected chi connectivity index (χ4v) is 6.78. The van der Waals surface area contributed by atoms with Gasteiger partial charge in [0.2, 0.25) is 0 Å². The number of thiazole rings is 1. The van der Waals surface area contributed by atoms with Crippen LogP contribution in [0.15, 0.2) is 52.2 Å². The van der Waals surface area contributed by atoms with Gasteiger partial charge in [0.05, 0.1) is 36.2 Å². The van der Waals surface area contributed by atoms with Crippen molar-refractivity contribution >= 4 is 40.7 Å². The molecule has 0 spiro atoms. The number of fused-ring (bicyclic) bond motifs is 1. The lowest BCUT2D eigenvalue weighted by Crippen LogP contribution is -2.62. The minimum Gasteiger partial charge on any atom is -0.468 e. The lowest BCUT2D eigenvalue weighted by molar-refractivity contribution is -0.150. The summed E-state index contributed by atoms with van der Waals surface area (Å²) in [6.45, 7) is 12.7. The number of carbonyl (C=O) groups is 2. The molecule has 2 fully saturated rings. The second kappa shape index (κ2) is 12.4. The van der Waals surface area contributed by atoms with Gasteiger partial charge in [0, 0.05) is 55.1 Å².